The summed E-state index contributed by atoms with van der Waals surface area (Å²) in [4.78, 5) is 22.4. The van der Waals surface area contributed by atoms with Gasteiger partial charge in [-0.15, -0.1) is 0 Å². The molecule has 166 valence electrons. The Morgan fingerprint density at radius 2 is 1.79 bits per heavy atom. The van der Waals surface area contributed by atoms with E-state index >= 15 is 0 Å². The molecule has 1 aliphatic heterocycles. The SMILES string of the molecule is Fc1cncc(-c2cnc3n[nH]c(-c4nc5nccc(N6CCC(F)(F)CC6)c5[nH]4)c3c2)c1. The maximum absolute atomic E-state index is 13.6. The van der Waals surface area contributed by atoms with Crippen LogP contribution in [0, 0.1) is 5.82 Å². The summed E-state index contributed by atoms with van der Waals surface area (Å²) >= 11 is 0. The van der Waals surface area contributed by atoms with Gasteiger partial charge in [-0.2, -0.15) is 5.10 Å². The number of nitrogens with one attached hydrogen (secondary N) is 2. The van der Waals surface area contributed by atoms with E-state index in [1.165, 1.54) is 6.07 Å². The van der Waals surface area contributed by atoms with E-state index in [-0.39, 0.29) is 25.9 Å². The Hall–Kier alpha value is -4.02. The van der Waals surface area contributed by atoms with Crippen LogP contribution in [0.2, 0.25) is 0 Å². The van der Waals surface area contributed by atoms with Gasteiger partial charge in [-0.25, -0.2) is 28.1 Å². The number of pyridine rings is 3. The van der Waals surface area contributed by atoms with Crippen molar-refractivity contribution < 1.29 is 13.2 Å². The van der Waals surface area contributed by atoms with Gasteiger partial charge in [-0.3, -0.25) is 10.1 Å². The third kappa shape index (κ3) is 3.45. The van der Waals surface area contributed by atoms with Gasteiger partial charge in [0.25, 0.3) is 5.92 Å². The highest BCUT2D eigenvalue weighted by molar-refractivity contribution is 5.95. The quantitative estimate of drug-likeness (QED) is 0.424. The zero-order chi connectivity index (χ0) is 22.6. The molecule has 0 atom stereocenters. The average molecular weight is 450 g/mol. The predicted octanol–water partition coefficient (Wildman–Crippen LogP) is 4.33. The number of anilines is 1. The van der Waals surface area contributed by atoms with E-state index in [1.807, 2.05) is 11.0 Å². The fraction of sp³-hybridized carbons (Fsp3) is 0.227. The van der Waals surface area contributed by atoms with E-state index in [1.54, 1.807) is 24.7 Å². The van der Waals surface area contributed by atoms with Gasteiger partial charge in [-0.1, -0.05) is 0 Å². The number of H-pyrrole nitrogens is 2. The molecular formula is C22H17F3N8. The number of halogens is 3. The molecule has 0 bridgehead atoms. The van der Waals surface area contributed by atoms with Crippen molar-refractivity contribution in [1.82, 2.24) is 35.1 Å². The van der Waals surface area contributed by atoms with Crippen molar-refractivity contribution in [3.63, 3.8) is 0 Å². The second-order valence-corrected chi connectivity index (χ2v) is 8.04. The molecule has 33 heavy (non-hydrogen) atoms. The van der Waals surface area contributed by atoms with Crippen molar-refractivity contribution in [2.75, 3.05) is 18.0 Å². The number of rotatable bonds is 3. The lowest BCUT2D eigenvalue weighted by Gasteiger charge is -2.33. The molecule has 6 heterocycles. The number of nitrogens with zero attached hydrogens (tertiary/aromatic N) is 6. The van der Waals surface area contributed by atoms with Crippen LogP contribution in [0.3, 0.4) is 0 Å². The maximum atomic E-state index is 13.6. The summed E-state index contributed by atoms with van der Waals surface area (Å²) in [6.45, 7) is 0.505. The number of fused-ring (bicyclic) bond motifs is 2. The number of aromatic nitrogens is 7. The van der Waals surface area contributed by atoms with Crippen molar-refractivity contribution in [3.05, 3.63) is 48.8 Å². The number of hydrogen-bond donors (Lipinski definition) is 2. The second-order valence-electron chi connectivity index (χ2n) is 8.04. The van der Waals surface area contributed by atoms with Gasteiger partial charge in [0, 0.05) is 55.6 Å². The summed E-state index contributed by atoms with van der Waals surface area (Å²) in [5, 5.41) is 7.89. The standard InChI is InChI=1S/C22H17F3N8/c23-14-7-12(9-26-11-14)13-8-15-17(31-32-19(15)28-10-13)21-29-18-16(1-4-27-20(18)30-21)33-5-2-22(24,25)3-6-33/h1,4,7-11H,2-3,5-6H2,(H,27,29,30)(H,28,31,32). The molecule has 5 aromatic heterocycles. The van der Waals surface area contributed by atoms with Crippen LogP contribution in [0.25, 0.3) is 44.8 Å². The van der Waals surface area contributed by atoms with Crippen molar-refractivity contribution in [2.24, 2.45) is 0 Å². The Balaban J connectivity index is 1.42. The first-order valence-corrected chi connectivity index (χ1v) is 10.4. The number of piperidine rings is 1. The second kappa shape index (κ2) is 7.26. The highest BCUT2D eigenvalue weighted by Crippen LogP contribution is 2.34. The number of imidazole rings is 1. The molecule has 0 aliphatic carbocycles. The molecule has 1 fully saturated rings. The van der Waals surface area contributed by atoms with Gasteiger partial charge in [0.1, 0.15) is 17.0 Å². The van der Waals surface area contributed by atoms with Gasteiger partial charge in [0.2, 0.25) is 0 Å². The fourth-order valence-electron chi connectivity index (χ4n) is 4.16. The fourth-order valence-corrected chi connectivity index (χ4v) is 4.16. The summed E-state index contributed by atoms with van der Waals surface area (Å²) in [5.74, 6) is -2.57. The Kier molecular flexibility index (Phi) is 4.32. The van der Waals surface area contributed by atoms with E-state index in [0.717, 1.165) is 11.9 Å². The van der Waals surface area contributed by atoms with Crippen LogP contribution in [0.4, 0.5) is 18.9 Å². The lowest BCUT2D eigenvalue weighted by molar-refractivity contribution is -0.0220. The van der Waals surface area contributed by atoms with Crippen LogP contribution in [0.5, 0.6) is 0 Å². The van der Waals surface area contributed by atoms with Crippen molar-refractivity contribution in [3.8, 4) is 22.6 Å². The lowest BCUT2D eigenvalue weighted by atomic mass is 10.1. The molecule has 0 spiro atoms. The zero-order valence-electron chi connectivity index (χ0n) is 17.2. The molecule has 2 N–H and O–H groups in total. The molecule has 11 heteroatoms. The lowest BCUT2D eigenvalue weighted by Crippen LogP contribution is -2.39. The molecule has 0 amide bonds. The normalized spacial score (nSPS) is 16.0. The number of hydrogen-bond acceptors (Lipinski definition) is 6. The Morgan fingerprint density at radius 1 is 0.970 bits per heavy atom. The van der Waals surface area contributed by atoms with E-state index < -0.39 is 11.7 Å². The van der Waals surface area contributed by atoms with E-state index in [0.29, 0.717) is 44.8 Å². The minimum absolute atomic E-state index is 0.188. The van der Waals surface area contributed by atoms with Gasteiger partial charge in [0.05, 0.1) is 17.3 Å². The molecule has 1 saturated heterocycles. The van der Waals surface area contributed by atoms with Gasteiger partial charge >= 0.3 is 0 Å². The first-order valence-electron chi connectivity index (χ1n) is 10.4. The van der Waals surface area contributed by atoms with Crippen LogP contribution in [-0.2, 0) is 0 Å². The molecule has 0 aromatic carbocycles. The monoisotopic (exact) mass is 450 g/mol. The summed E-state index contributed by atoms with van der Waals surface area (Å²) in [6.07, 6.45) is 5.55. The van der Waals surface area contributed by atoms with Crippen LogP contribution in [0.1, 0.15) is 12.8 Å². The van der Waals surface area contributed by atoms with Crippen LogP contribution >= 0.6 is 0 Å². The molecule has 0 unspecified atom stereocenters. The van der Waals surface area contributed by atoms with E-state index in [4.69, 9.17) is 0 Å². The molecule has 0 saturated carbocycles. The third-order valence-corrected chi connectivity index (χ3v) is 5.89. The van der Waals surface area contributed by atoms with Crippen LogP contribution in [0.15, 0.2) is 43.0 Å². The van der Waals surface area contributed by atoms with Gasteiger partial charge in [-0.05, 0) is 18.2 Å². The maximum Gasteiger partial charge on any atom is 0.251 e. The van der Waals surface area contributed by atoms with E-state index in [9.17, 15) is 13.2 Å². The Morgan fingerprint density at radius 3 is 2.61 bits per heavy atom. The van der Waals surface area contributed by atoms with Gasteiger partial charge in [0.15, 0.2) is 17.1 Å². The summed E-state index contributed by atoms with van der Waals surface area (Å²) in [7, 11) is 0. The van der Waals surface area contributed by atoms with Crippen molar-refractivity contribution >= 4 is 27.9 Å². The third-order valence-electron chi connectivity index (χ3n) is 5.89. The number of alkyl halides is 2. The Bertz CT molecular complexity index is 1480. The van der Waals surface area contributed by atoms with E-state index in [2.05, 4.69) is 35.1 Å². The van der Waals surface area contributed by atoms with Crippen LogP contribution in [-0.4, -0.2) is 54.1 Å². The summed E-state index contributed by atoms with van der Waals surface area (Å²) in [6, 6.07) is 5.02. The number of aromatic amines is 2. The summed E-state index contributed by atoms with van der Waals surface area (Å²) < 4.78 is 40.9. The highest BCUT2D eigenvalue weighted by Gasteiger charge is 2.34. The largest absolute Gasteiger partial charge is 0.369 e. The molecular weight excluding hydrogens is 433 g/mol. The van der Waals surface area contributed by atoms with Crippen molar-refractivity contribution in [1.29, 1.82) is 0 Å². The smallest absolute Gasteiger partial charge is 0.251 e. The molecule has 8 nitrogen and oxygen atoms in total. The van der Waals surface area contributed by atoms with Crippen molar-refractivity contribution in [2.45, 2.75) is 18.8 Å². The van der Waals surface area contributed by atoms with Crippen LogP contribution < -0.4 is 4.90 Å². The Labute approximate surface area is 184 Å². The molecule has 5 aromatic rings. The predicted molar refractivity (Wildman–Crippen MR) is 116 cm³/mol. The highest BCUT2D eigenvalue weighted by atomic mass is 19.3. The van der Waals surface area contributed by atoms with Gasteiger partial charge < -0.3 is 9.88 Å². The average Bonchev–Trinajstić information content (AvgIpc) is 3.42. The zero-order valence-corrected chi connectivity index (χ0v) is 17.2. The topological polar surface area (TPSA) is 99.3 Å². The summed E-state index contributed by atoms with van der Waals surface area (Å²) in [5.41, 5.74) is 4.26. The minimum atomic E-state index is -2.63. The first-order chi connectivity index (χ1) is 16.0. The molecule has 1 aliphatic rings. The molecule has 0 radical (unpaired) electrons. The molecule has 6 rings (SSSR count). The first kappa shape index (κ1) is 19.6. The minimum Gasteiger partial charge on any atom is -0.369 e.